The Labute approximate surface area is 133 Å². The molecule has 1 aliphatic rings. The molecule has 0 spiro atoms. The number of hydrogen-bond acceptors (Lipinski definition) is 3. The lowest BCUT2D eigenvalue weighted by atomic mass is 9.98. The Balaban J connectivity index is 1.53. The van der Waals surface area contributed by atoms with Gasteiger partial charge >= 0.3 is 0 Å². The fraction of sp³-hybridized carbons (Fsp3) is 0.294. The van der Waals surface area contributed by atoms with Gasteiger partial charge in [0.15, 0.2) is 0 Å². The van der Waals surface area contributed by atoms with Gasteiger partial charge in [0, 0.05) is 11.9 Å². The van der Waals surface area contributed by atoms with Crippen molar-refractivity contribution in [1.82, 2.24) is 5.32 Å². The summed E-state index contributed by atoms with van der Waals surface area (Å²) in [6.07, 6.45) is 3.22. The van der Waals surface area contributed by atoms with Crippen LogP contribution < -0.4 is 11.1 Å². The van der Waals surface area contributed by atoms with Crippen molar-refractivity contribution in [2.75, 3.05) is 6.54 Å². The van der Waals surface area contributed by atoms with Gasteiger partial charge in [0.2, 0.25) is 5.91 Å². The minimum absolute atomic E-state index is 0.135. The molecule has 1 aromatic carbocycles. The van der Waals surface area contributed by atoms with E-state index in [1.807, 2.05) is 0 Å². The molecule has 3 rings (SSSR count). The number of nitrogens with two attached hydrogens (primary N) is 1. The molecule has 0 saturated heterocycles. The number of nitrogens with one attached hydrogen (secondary N) is 1. The summed E-state index contributed by atoms with van der Waals surface area (Å²) in [5.41, 5.74) is 8.43. The molecule has 1 aromatic heterocycles. The molecule has 5 heteroatoms. The summed E-state index contributed by atoms with van der Waals surface area (Å²) in [6, 6.07) is 10.1. The van der Waals surface area contributed by atoms with Crippen LogP contribution in [0.3, 0.4) is 0 Å². The Kier molecular flexibility index (Phi) is 4.24. The number of benzene rings is 1. The van der Waals surface area contributed by atoms with Gasteiger partial charge < -0.3 is 11.1 Å². The number of fused-ring (bicyclic) bond motifs is 1. The van der Waals surface area contributed by atoms with Crippen LogP contribution in [0.25, 0.3) is 0 Å². The molecule has 0 bridgehead atoms. The maximum atomic E-state index is 12.0. The smallest absolute Gasteiger partial charge is 0.261 e. The van der Waals surface area contributed by atoms with E-state index in [1.54, 1.807) is 11.4 Å². The lowest BCUT2D eigenvalue weighted by Crippen LogP contribution is -2.24. The fourth-order valence-corrected chi connectivity index (χ4v) is 3.79. The number of rotatable bonds is 5. The van der Waals surface area contributed by atoms with Crippen LogP contribution in [0.2, 0.25) is 0 Å². The number of hydrogen-bond donors (Lipinski definition) is 2. The van der Waals surface area contributed by atoms with Crippen molar-refractivity contribution in [3.8, 4) is 0 Å². The van der Waals surface area contributed by atoms with E-state index in [0.29, 0.717) is 22.9 Å². The third-order valence-electron chi connectivity index (χ3n) is 4.14. The zero-order valence-corrected chi connectivity index (χ0v) is 13.0. The summed E-state index contributed by atoms with van der Waals surface area (Å²) < 4.78 is 0. The van der Waals surface area contributed by atoms with E-state index in [0.717, 1.165) is 19.3 Å². The third-order valence-corrected chi connectivity index (χ3v) is 5.07. The first-order chi connectivity index (χ1) is 10.6. The number of amides is 2. The van der Waals surface area contributed by atoms with Crippen LogP contribution in [-0.4, -0.2) is 18.4 Å². The first kappa shape index (κ1) is 14.8. The van der Waals surface area contributed by atoms with Crippen molar-refractivity contribution in [2.24, 2.45) is 5.73 Å². The average Bonchev–Trinajstić information content (AvgIpc) is 3.14. The summed E-state index contributed by atoms with van der Waals surface area (Å²) in [5, 5.41) is 4.54. The molecular weight excluding hydrogens is 296 g/mol. The van der Waals surface area contributed by atoms with Gasteiger partial charge in [0.25, 0.3) is 5.91 Å². The Hall–Kier alpha value is -2.14. The molecule has 0 saturated carbocycles. The molecule has 0 aliphatic heterocycles. The first-order valence-electron chi connectivity index (χ1n) is 7.39. The van der Waals surface area contributed by atoms with Crippen LogP contribution >= 0.6 is 11.3 Å². The predicted octanol–water partition coefficient (Wildman–Crippen LogP) is 2.70. The van der Waals surface area contributed by atoms with E-state index < -0.39 is 5.91 Å². The lowest BCUT2D eigenvalue weighted by Gasteiger charge is -2.11. The molecule has 3 N–H and O–H groups in total. The highest BCUT2D eigenvalue weighted by Crippen LogP contribution is 2.34. The number of carbonyl (C=O) groups is 2. The first-order valence-corrected chi connectivity index (χ1v) is 8.27. The largest absolute Gasteiger partial charge is 0.366 e. The summed E-state index contributed by atoms with van der Waals surface area (Å²) in [7, 11) is 0. The second-order valence-electron chi connectivity index (χ2n) is 5.54. The van der Waals surface area contributed by atoms with E-state index in [9.17, 15) is 9.59 Å². The summed E-state index contributed by atoms with van der Waals surface area (Å²) >= 11 is 1.24. The molecule has 1 heterocycles. The number of aryl methyl sites for hydroxylation is 1. The van der Waals surface area contributed by atoms with Gasteiger partial charge in [0.05, 0.1) is 10.4 Å². The zero-order valence-electron chi connectivity index (χ0n) is 12.2. The second kappa shape index (κ2) is 6.32. The number of thiophene rings is 1. The average molecular weight is 314 g/mol. The van der Waals surface area contributed by atoms with Gasteiger partial charge in [-0.15, -0.1) is 11.3 Å². The van der Waals surface area contributed by atoms with Crippen LogP contribution in [0.1, 0.15) is 49.9 Å². The summed E-state index contributed by atoms with van der Waals surface area (Å²) in [6.45, 7) is 0.641. The Morgan fingerprint density at radius 1 is 1.32 bits per heavy atom. The second-order valence-corrected chi connectivity index (χ2v) is 6.45. The van der Waals surface area contributed by atoms with Crippen LogP contribution in [-0.2, 0) is 6.42 Å². The molecule has 0 fully saturated rings. The van der Waals surface area contributed by atoms with Crippen molar-refractivity contribution in [3.05, 3.63) is 57.3 Å². The molecular formula is C17H18N2O2S. The van der Waals surface area contributed by atoms with Gasteiger partial charge in [0.1, 0.15) is 0 Å². The fourth-order valence-electron chi connectivity index (χ4n) is 2.98. The highest BCUT2D eigenvalue weighted by Gasteiger charge is 2.21. The molecule has 0 radical (unpaired) electrons. The van der Waals surface area contributed by atoms with E-state index in [-0.39, 0.29) is 5.91 Å². The minimum atomic E-state index is -0.502. The van der Waals surface area contributed by atoms with Crippen LogP contribution in [0.5, 0.6) is 0 Å². The van der Waals surface area contributed by atoms with Crippen LogP contribution in [0.4, 0.5) is 0 Å². The zero-order chi connectivity index (χ0) is 15.5. The van der Waals surface area contributed by atoms with E-state index >= 15 is 0 Å². The standard InChI is InChI=1S/C17H18N2O2S/c18-16(20)13-9-15(22-10-13)17(21)19-8-7-12-6-5-11-3-1-2-4-14(11)12/h1-4,9-10,12H,5-8H2,(H2,18,20)(H,19,21). The maximum Gasteiger partial charge on any atom is 0.261 e. The van der Waals surface area contributed by atoms with Crippen molar-refractivity contribution < 1.29 is 9.59 Å². The predicted molar refractivity (Wildman–Crippen MR) is 87.3 cm³/mol. The minimum Gasteiger partial charge on any atom is -0.366 e. The SMILES string of the molecule is NC(=O)c1csc(C(=O)NCCC2CCc3ccccc32)c1. The maximum absolute atomic E-state index is 12.0. The molecule has 2 aromatic rings. The van der Waals surface area contributed by atoms with Crippen LogP contribution in [0, 0.1) is 0 Å². The van der Waals surface area contributed by atoms with Crippen LogP contribution in [0.15, 0.2) is 35.7 Å². The van der Waals surface area contributed by atoms with Crippen molar-refractivity contribution in [2.45, 2.75) is 25.2 Å². The van der Waals surface area contributed by atoms with Gasteiger partial charge in [-0.05, 0) is 42.4 Å². The molecule has 22 heavy (non-hydrogen) atoms. The highest BCUT2D eigenvalue weighted by atomic mass is 32.1. The van der Waals surface area contributed by atoms with Crippen molar-refractivity contribution in [3.63, 3.8) is 0 Å². The summed E-state index contributed by atoms with van der Waals surface area (Å²) in [5.74, 6) is -0.109. The quantitative estimate of drug-likeness (QED) is 0.890. The Morgan fingerprint density at radius 3 is 2.91 bits per heavy atom. The molecule has 4 nitrogen and oxygen atoms in total. The molecule has 114 valence electrons. The van der Waals surface area contributed by atoms with E-state index in [2.05, 4.69) is 29.6 Å². The lowest BCUT2D eigenvalue weighted by molar-refractivity contribution is 0.0956. The highest BCUT2D eigenvalue weighted by molar-refractivity contribution is 7.12. The van der Waals surface area contributed by atoms with Gasteiger partial charge in [-0.25, -0.2) is 0 Å². The molecule has 1 aliphatic carbocycles. The molecule has 1 atom stereocenters. The van der Waals surface area contributed by atoms with E-state index in [1.165, 1.54) is 22.5 Å². The molecule has 2 amide bonds. The van der Waals surface area contributed by atoms with Crippen molar-refractivity contribution in [1.29, 1.82) is 0 Å². The Morgan fingerprint density at radius 2 is 2.14 bits per heavy atom. The van der Waals surface area contributed by atoms with Crippen molar-refractivity contribution >= 4 is 23.2 Å². The normalized spacial score (nSPS) is 16.3. The monoisotopic (exact) mass is 314 g/mol. The van der Waals surface area contributed by atoms with Gasteiger partial charge in [-0.1, -0.05) is 24.3 Å². The molecule has 1 unspecified atom stereocenters. The van der Waals surface area contributed by atoms with Gasteiger partial charge in [-0.3, -0.25) is 9.59 Å². The van der Waals surface area contributed by atoms with E-state index in [4.69, 9.17) is 5.73 Å². The Bertz CT molecular complexity index is 708. The van der Waals surface area contributed by atoms with Gasteiger partial charge in [-0.2, -0.15) is 0 Å². The topological polar surface area (TPSA) is 72.2 Å². The third kappa shape index (κ3) is 3.04. The number of primary amides is 1. The number of carbonyl (C=O) groups excluding carboxylic acids is 2. The summed E-state index contributed by atoms with van der Waals surface area (Å²) in [4.78, 5) is 23.6.